The van der Waals surface area contributed by atoms with Crippen LogP contribution in [-0.4, -0.2) is 5.78 Å². The zero-order chi connectivity index (χ0) is 13.8. The van der Waals surface area contributed by atoms with Gasteiger partial charge in [-0.1, -0.05) is 42.8 Å². The summed E-state index contributed by atoms with van der Waals surface area (Å²) in [4.78, 5) is 12.1. The van der Waals surface area contributed by atoms with E-state index >= 15 is 0 Å². The van der Waals surface area contributed by atoms with E-state index in [1.165, 1.54) is 5.56 Å². The predicted octanol–water partition coefficient (Wildman–Crippen LogP) is 3.91. The first-order chi connectivity index (χ1) is 9.10. The molecule has 0 aliphatic heterocycles. The van der Waals surface area contributed by atoms with E-state index < -0.39 is 0 Å². The number of hydrogen-bond donors (Lipinski definition) is 1. The Kier molecular flexibility index (Phi) is 4.23. The highest BCUT2D eigenvalue weighted by Gasteiger charge is 2.08. The van der Waals surface area contributed by atoms with Gasteiger partial charge in [-0.3, -0.25) is 4.79 Å². The summed E-state index contributed by atoms with van der Waals surface area (Å²) in [6.07, 6.45) is 1.38. The second-order valence-electron chi connectivity index (χ2n) is 4.51. The Morgan fingerprint density at radius 1 is 1.11 bits per heavy atom. The number of hydrogen-bond acceptors (Lipinski definition) is 2. The van der Waals surface area contributed by atoms with Crippen LogP contribution in [-0.2, 0) is 12.8 Å². The average Bonchev–Trinajstić information content (AvgIpc) is 2.42. The molecular formula is C16H16ClNO. The van der Waals surface area contributed by atoms with Crippen molar-refractivity contribution in [1.29, 1.82) is 0 Å². The van der Waals surface area contributed by atoms with Crippen LogP contribution in [0, 0.1) is 0 Å². The number of carbonyl (C=O) groups is 1. The van der Waals surface area contributed by atoms with Gasteiger partial charge in [0, 0.05) is 12.0 Å². The fourth-order valence-electron chi connectivity index (χ4n) is 1.88. The highest BCUT2D eigenvalue weighted by atomic mass is 35.5. The second kappa shape index (κ2) is 5.89. The molecule has 0 aliphatic rings. The Hall–Kier alpha value is -1.80. The van der Waals surface area contributed by atoms with Crippen molar-refractivity contribution in [2.75, 3.05) is 5.73 Å². The molecule has 3 heteroatoms. The molecule has 2 rings (SSSR count). The van der Waals surface area contributed by atoms with E-state index in [1.807, 2.05) is 12.1 Å². The van der Waals surface area contributed by atoms with Gasteiger partial charge in [0.15, 0.2) is 5.78 Å². The topological polar surface area (TPSA) is 43.1 Å². The van der Waals surface area contributed by atoms with Crippen LogP contribution in [0.3, 0.4) is 0 Å². The molecule has 0 aliphatic carbocycles. The Morgan fingerprint density at radius 3 is 2.32 bits per heavy atom. The Labute approximate surface area is 118 Å². The van der Waals surface area contributed by atoms with Crippen molar-refractivity contribution in [3.05, 3.63) is 64.2 Å². The number of nitrogens with two attached hydrogens (primary N) is 1. The summed E-state index contributed by atoms with van der Waals surface area (Å²) in [5, 5.41) is 0.423. The van der Waals surface area contributed by atoms with Crippen LogP contribution in [0.5, 0.6) is 0 Å². The van der Waals surface area contributed by atoms with Crippen molar-refractivity contribution in [3.63, 3.8) is 0 Å². The molecule has 0 radical (unpaired) electrons. The highest BCUT2D eigenvalue weighted by Crippen LogP contribution is 2.20. The van der Waals surface area contributed by atoms with Gasteiger partial charge >= 0.3 is 0 Å². The molecule has 2 N–H and O–H groups in total. The summed E-state index contributed by atoms with van der Waals surface area (Å²) in [5.41, 5.74) is 9.00. The van der Waals surface area contributed by atoms with E-state index in [9.17, 15) is 4.79 Å². The molecule has 2 aromatic carbocycles. The lowest BCUT2D eigenvalue weighted by Gasteiger charge is -2.05. The maximum absolute atomic E-state index is 12.1. The van der Waals surface area contributed by atoms with Gasteiger partial charge in [-0.25, -0.2) is 0 Å². The summed E-state index contributed by atoms with van der Waals surface area (Å²) in [6, 6.07) is 13.1. The van der Waals surface area contributed by atoms with Crippen LogP contribution in [0.1, 0.15) is 28.4 Å². The number of rotatable bonds is 4. The average molecular weight is 274 g/mol. The lowest BCUT2D eigenvalue weighted by Crippen LogP contribution is -2.04. The Morgan fingerprint density at radius 2 is 1.74 bits per heavy atom. The number of carbonyl (C=O) groups excluding carboxylic acids is 1. The van der Waals surface area contributed by atoms with Gasteiger partial charge in [0.2, 0.25) is 0 Å². The zero-order valence-electron chi connectivity index (χ0n) is 10.8. The van der Waals surface area contributed by atoms with Crippen LogP contribution in [0.25, 0.3) is 0 Å². The van der Waals surface area contributed by atoms with Crippen LogP contribution >= 0.6 is 11.6 Å². The minimum Gasteiger partial charge on any atom is -0.398 e. The third-order valence-electron chi connectivity index (χ3n) is 3.12. The SMILES string of the molecule is CCc1ccc(CC(=O)c2ccc(N)c(Cl)c2)cc1. The highest BCUT2D eigenvalue weighted by molar-refractivity contribution is 6.33. The van der Waals surface area contributed by atoms with E-state index in [1.54, 1.807) is 18.2 Å². The summed E-state index contributed by atoms with van der Waals surface area (Å²) in [7, 11) is 0. The van der Waals surface area contributed by atoms with E-state index in [0.29, 0.717) is 22.7 Å². The lowest BCUT2D eigenvalue weighted by atomic mass is 10.0. The monoisotopic (exact) mass is 273 g/mol. The fourth-order valence-corrected chi connectivity index (χ4v) is 2.06. The summed E-state index contributed by atoms with van der Waals surface area (Å²) < 4.78 is 0. The van der Waals surface area contributed by atoms with Crippen molar-refractivity contribution in [1.82, 2.24) is 0 Å². The molecule has 0 heterocycles. The number of ketones is 1. The van der Waals surface area contributed by atoms with Crippen molar-refractivity contribution < 1.29 is 4.79 Å². The number of Topliss-reactive ketones (excluding diaryl/α,β-unsaturated/α-hetero) is 1. The van der Waals surface area contributed by atoms with Gasteiger partial charge in [0.25, 0.3) is 0 Å². The Balaban J connectivity index is 2.13. The van der Waals surface area contributed by atoms with Crippen molar-refractivity contribution in [2.45, 2.75) is 19.8 Å². The third-order valence-corrected chi connectivity index (χ3v) is 3.45. The first-order valence-corrected chi connectivity index (χ1v) is 6.64. The zero-order valence-corrected chi connectivity index (χ0v) is 11.6. The largest absolute Gasteiger partial charge is 0.398 e. The van der Waals surface area contributed by atoms with Crippen molar-refractivity contribution in [2.24, 2.45) is 0 Å². The number of nitrogen functional groups attached to an aromatic ring is 1. The van der Waals surface area contributed by atoms with Crippen LogP contribution < -0.4 is 5.73 Å². The van der Waals surface area contributed by atoms with E-state index in [0.717, 1.165) is 12.0 Å². The molecule has 2 nitrogen and oxygen atoms in total. The van der Waals surface area contributed by atoms with E-state index in [2.05, 4.69) is 19.1 Å². The normalized spacial score (nSPS) is 10.4. The molecule has 0 saturated heterocycles. The quantitative estimate of drug-likeness (QED) is 0.678. The molecule has 0 unspecified atom stereocenters. The minimum absolute atomic E-state index is 0.0474. The molecule has 0 amide bonds. The number of anilines is 1. The summed E-state index contributed by atoms with van der Waals surface area (Å²) >= 11 is 5.92. The number of halogens is 1. The minimum atomic E-state index is 0.0474. The molecule has 0 fully saturated rings. The molecule has 0 saturated carbocycles. The van der Waals surface area contributed by atoms with Crippen molar-refractivity contribution >= 4 is 23.1 Å². The van der Waals surface area contributed by atoms with E-state index in [4.69, 9.17) is 17.3 Å². The number of aryl methyl sites for hydroxylation is 1. The van der Waals surface area contributed by atoms with Crippen LogP contribution in [0.15, 0.2) is 42.5 Å². The smallest absolute Gasteiger partial charge is 0.167 e. The third kappa shape index (κ3) is 3.36. The van der Waals surface area contributed by atoms with Gasteiger partial charge in [-0.05, 0) is 35.7 Å². The molecule has 98 valence electrons. The lowest BCUT2D eigenvalue weighted by molar-refractivity contribution is 0.0993. The first kappa shape index (κ1) is 13.6. The van der Waals surface area contributed by atoms with Gasteiger partial charge < -0.3 is 5.73 Å². The van der Waals surface area contributed by atoms with Crippen molar-refractivity contribution in [3.8, 4) is 0 Å². The van der Waals surface area contributed by atoms with E-state index in [-0.39, 0.29) is 5.78 Å². The molecule has 0 bridgehead atoms. The van der Waals surface area contributed by atoms with Gasteiger partial charge in [-0.2, -0.15) is 0 Å². The summed E-state index contributed by atoms with van der Waals surface area (Å²) in [6.45, 7) is 2.11. The molecule has 19 heavy (non-hydrogen) atoms. The standard InChI is InChI=1S/C16H16ClNO/c1-2-11-3-5-12(6-4-11)9-16(19)13-7-8-15(18)14(17)10-13/h3-8,10H,2,9,18H2,1H3. The molecule has 2 aromatic rings. The maximum Gasteiger partial charge on any atom is 0.167 e. The number of benzene rings is 2. The molecule has 0 aromatic heterocycles. The summed E-state index contributed by atoms with van der Waals surface area (Å²) in [5.74, 6) is 0.0474. The second-order valence-corrected chi connectivity index (χ2v) is 4.91. The van der Waals surface area contributed by atoms with Crippen LogP contribution in [0.2, 0.25) is 5.02 Å². The Bertz CT molecular complexity index is 590. The van der Waals surface area contributed by atoms with Gasteiger partial charge in [-0.15, -0.1) is 0 Å². The van der Waals surface area contributed by atoms with Gasteiger partial charge in [0.05, 0.1) is 10.7 Å². The van der Waals surface area contributed by atoms with Crippen LogP contribution in [0.4, 0.5) is 5.69 Å². The molecule has 0 atom stereocenters. The maximum atomic E-state index is 12.1. The predicted molar refractivity (Wildman–Crippen MR) is 79.7 cm³/mol. The van der Waals surface area contributed by atoms with Gasteiger partial charge in [0.1, 0.15) is 0 Å². The molecular weight excluding hydrogens is 258 g/mol. The fraction of sp³-hybridized carbons (Fsp3) is 0.188. The molecule has 0 spiro atoms. The first-order valence-electron chi connectivity index (χ1n) is 6.26.